The molecule has 2 N–H and O–H groups in total. The van der Waals surface area contributed by atoms with Crippen LogP contribution in [-0.2, 0) is 10.7 Å². The van der Waals surface area contributed by atoms with E-state index >= 15 is 0 Å². The van der Waals surface area contributed by atoms with Gasteiger partial charge in [0.2, 0.25) is 0 Å². The van der Waals surface area contributed by atoms with E-state index in [-0.39, 0.29) is 16.4 Å². The number of hydrogen-bond donors (Lipinski definition) is 2. The van der Waals surface area contributed by atoms with Gasteiger partial charge in [-0.3, -0.25) is 0 Å². The molecule has 3 aromatic rings. The smallest absolute Gasteiger partial charge is 0.142 e. The molecular formula is C17H17FN4OS. The van der Waals surface area contributed by atoms with Crippen LogP contribution in [0.2, 0.25) is 0 Å². The summed E-state index contributed by atoms with van der Waals surface area (Å²) in [6, 6.07) is 7.69. The number of aromatic nitrogens is 2. The number of phenols is 1. The van der Waals surface area contributed by atoms with Crippen LogP contribution < -0.4 is 5.32 Å². The molecule has 0 unspecified atom stereocenters. The highest BCUT2D eigenvalue weighted by atomic mass is 32.2. The Labute approximate surface area is 141 Å². The molecule has 0 aliphatic carbocycles. The largest absolute Gasteiger partial charge is 0.506 e. The SMILES string of the molecule is Cc1cc(N=S(C)C)cc2ncnc(Nc3ccc(F)cc3O)c12. The Morgan fingerprint density at radius 3 is 2.67 bits per heavy atom. The normalized spacial score (nSPS) is 11.0. The van der Waals surface area contributed by atoms with Crippen molar-refractivity contribution in [1.82, 2.24) is 9.97 Å². The summed E-state index contributed by atoms with van der Waals surface area (Å²) in [5, 5.41) is 13.8. The number of nitrogens with zero attached hydrogens (tertiary/aromatic N) is 3. The van der Waals surface area contributed by atoms with Crippen LogP contribution in [0.4, 0.5) is 21.6 Å². The summed E-state index contributed by atoms with van der Waals surface area (Å²) in [5.74, 6) is -0.118. The van der Waals surface area contributed by atoms with Crippen molar-refractivity contribution >= 4 is 38.8 Å². The van der Waals surface area contributed by atoms with Gasteiger partial charge in [-0.05, 0) is 49.3 Å². The molecule has 5 nitrogen and oxygen atoms in total. The van der Waals surface area contributed by atoms with E-state index in [4.69, 9.17) is 0 Å². The van der Waals surface area contributed by atoms with Crippen LogP contribution >= 0.6 is 0 Å². The number of rotatable bonds is 3. The summed E-state index contributed by atoms with van der Waals surface area (Å²) in [7, 11) is -0.0625. The molecule has 0 bridgehead atoms. The lowest BCUT2D eigenvalue weighted by molar-refractivity contribution is 0.471. The van der Waals surface area contributed by atoms with E-state index in [0.29, 0.717) is 11.5 Å². The highest BCUT2D eigenvalue weighted by Gasteiger charge is 2.11. The number of nitrogens with one attached hydrogen (secondary N) is 1. The van der Waals surface area contributed by atoms with Crippen molar-refractivity contribution in [2.75, 3.05) is 17.8 Å². The van der Waals surface area contributed by atoms with Crippen molar-refractivity contribution in [3.05, 3.63) is 48.0 Å². The average molecular weight is 344 g/mol. The van der Waals surface area contributed by atoms with Gasteiger partial charge in [0, 0.05) is 11.5 Å². The fourth-order valence-corrected chi connectivity index (χ4v) is 3.00. The Bertz CT molecular complexity index is 955. The Morgan fingerprint density at radius 1 is 1.17 bits per heavy atom. The van der Waals surface area contributed by atoms with Crippen LogP contribution in [0.25, 0.3) is 10.9 Å². The second-order valence-electron chi connectivity index (χ2n) is 5.53. The predicted molar refractivity (Wildman–Crippen MR) is 96.9 cm³/mol. The maximum absolute atomic E-state index is 13.1. The Morgan fingerprint density at radius 2 is 1.96 bits per heavy atom. The lowest BCUT2D eigenvalue weighted by Gasteiger charge is -2.12. The number of benzene rings is 2. The van der Waals surface area contributed by atoms with Crippen molar-refractivity contribution in [1.29, 1.82) is 0 Å². The Balaban J connectivity index is 2.10. The Kier molecular flexibility index (Phi) is 4.44. The van der Waals surface area contributed by atoms with E-state index < -0.39 is 5.82 Å². The fourth-order valence-electron chi connectivity index (χ4n) is 2.47. The molecule has 0 radical (unpaired) electrons. The number of halogens is 1. The first kappa shape index (κ1) is 16.3. The standard InChI is InChI=1S/C17H17FN4OS/c1-10-6-12(22-24(2)3)8-14-16(10)17(20-9-19-14)21-13-5-4-11(18)7-15(13)23/h4-9,23H,1-3H3,(H,19,20,21). The minimum Gasteiger partial charge on any atom is -0.506 e. The maximum Gasteiger partial charge on any atom is 0.142 e. The monoisotopic (exact) mass is 344 g/mol. The van der Waals surface area contributed by atoms with Gasteiger partial charge in [-0.2, -0.15) is 0 Å². The van der Waals surface area contributed by atoms with Crippen LogP contribution in [0.5, 0.6) is 5.75 Å². The van der Waals surface area contributed by atoms with E-state index in [1.807, 2.05) is 31.6 Å². The molecule has 1 heterocycles. The van der Waals surface area contributed by atoms with E-state index in [1.54, 1.807) is 0 Å². The highest BCUT2D eigenvalue weighted by molar-refractivity contribution is 7.85. The summed E-state index contributed by atoms with van der Waals surface area (Å²) < 4.78 is 17.7. The topological polar surface area (TPSA) is 70.4 Å². The first-order chi connectivity index (χ1) is 11.4. The molecule has 0 atom stereocenters. The zero-order valence-corrected chi connectivity index (χ0v) is 14.4. The molecule has 0 amide bonds. The molecule has 1 aromatic heterocycles. The molecule has 24 heavy (non-hydrogen) atoms. The number of fused-ring (bicyclic) bond motifs is 1. The highest BCUT2D eigenvalue weighted by Crippen LogP contribution is 2.32. The molecule has 0 aliphatic heterocycles. The van der Waals surface area contributed by atoms with Gasteiger partial charge in [-0.1, -0.05) is 0 Å². The third kappa shape index (κ3) is 3.35. The van der Waals surface area contributed by atoms with E-state index in [2.05, 4.69) is 19.6 Å². The van der Waals surface area contributed by atoms with Crippen molar-refractivity contribution in [2.24, 2.45) is 4.36 Å². The number of hydrogen-bond acceptors (Lipinski definition) is 5. The van der Waals surface area contributed by atoms with Crippen molar-refractivity contribution < 1.29 is 9.50 Å². The zero-order valence-electron chi connectivity index (χ0n) is 13.5. The Hall–Kier alpha value is -2.54. The second kappa shape index (κ2) is 6.52. The first-order valence-corrected chi connectivity index (χ1v) is 9.24. The minimum absolute atomic E-state index is 0.0625. The van der Waals surface area contributed by atoms with Gasteiger partial charge in [0.1, 0.15) is 23.7 Å². The van der Waals surface area contributed by atoms with E-state index in [9.17, 15) is 9.50 Å². The average Bonchev–Trinajstić information content (AvgIpc) is 2.49. The van der Waals surface area contributed by atoms with Crippen LogP contribution in [-0.4, -0.2) is 27.6 Å². The van der Waals surface area contributed by atoms with E-state index in [0.717, 1.165) is 28.2 Å². The summed E-state index contributed by atoms with van der Waals surface area (Å²) in [6.45, 7) is 1.96. The molecule has 2 aromatic carbocycles. The van der Waals surface area contributed by atoms with Crippen LogP contribution in [0.1, 0.15) is 5.56 Å². The van der Waals surface area contributed by atoms with Gasteiger partial charge in [-0.15, -0.1) is 10.7 Å². The maximum atomic E-state index is 13.1. The lowest BCUT2D eigenvalue weighted by atomic mass is 10.1. The molecule has 0 fully saturated rings. The lowest BCUT2D eigenvalue weighted by Crippen LogP contribution is -1.98. The molecule has 124 valence electrons. The van der Waals surface area contributed by atoms with Crippen molar-refractivity contribution in [3.8, 4) is 5.75 Å². The van der Waals surface area contributed by atoms with Gasteiger partial charge >= 0.3 is 0 Å². The zero-order chi connectivity index (χ0) is 17.3. The van der Waals surface area contributed by atoms with Gasteiger partial charge < -0.3 is 10.4 Å². The van der Waals surface area contributed by atoms with Gasteiger partial charge in [0.15, 0.2) is 0 Å². The molecule has 0 saturated carbocycles. The van der Waals surface area contributed by atoms with Crippen molar-refractivity contribution in [3.63, 3.8) is 0 Å². The second-order valence-corrected chi connectivity index (χ2v) is 7.26. The van der Waals surface area contributed by atoms with Crippen LogP contribution in [0.15, 0.2) is 41.0 Å². The van der Waals surface area contributed by atoms with E-state index in [1.165, 1.54) is 18.5 Å². The van der Waals surface area contributed by atoms with Crippen molar-refractivity contribution in [2.45, 2.75) is 6.92 Å². The number of phenolic OH excluding ortho intramolecular Hbond substituents is 1. The molecule has 0 saturated heterocycles. The first-order valence-electron chi connectivity index (χ1n) is 7.24. The summed E-state index contributed by atoms with van der Waals surface area (Å²) >= 11 is 0. The third-order valence-electron chi connectivity index (χ3n) is 3.42. The number of aryl methyl sites for hydroxylation is 1. The fraction of sp³-hybridized carbons (Fsp3) is 0.176. The number of anilines is 2. The molecule has 0 aliphatic rings. The van der Waals surface area contributed by atoms with Gasteiger partial charge in [0.05, 0.1) is 16.9 Å². The third-order valence-corrected chi connectivity index (χ3v) is 4.00. The summed E-state index contributed by atoms with van der Waals surface area (Å²) in [4.78, 5) is 8.58. The molecule has 0 spiro atoms. The number of aromatic hydroxyl groups is 1. The molecular weight excluding hydrogens is 327 g/mol. The van der Waals surface area contributed by atoms with Crippen LogP contribution in [0.3, 0.4) is 0 Å². The van der Waals surface area contributed by atoms with Gasteiger partial charge in [-0.25, -0.2) is 18.7 Å². The molecule has 7 heteroatoms. The van der Waals surface area contributed by atoms with Crippen LogP contribution in [0, 0.1) is 12.7 Å². The quantitative estimate of drug-likeness (QED) is 0.698. The minimum atomic E-state index is -0.498. The molecule has 3 rings (SSSR count). The summed E-state index contributed by atoms with van der Waals surface area (Å²) in [5.41, 5.74) is 3.00. The summed E-state index contributed by atoms with van der Waals surface area (Å²) in [6.07, 6.45) is 5.54. The predicted octanol–water partition coefficient (Wildman–Crippen LogP) is 4.22. The van der Waals surface area contributed by atoms with Gasteiger partial charge in [0.25, 0.3) is 0 Å².